The summed E-state index contributed by atoms with van der Waals surface area (Å²) >= 11 is 1.45. The first-order valence-corrected chi connectivity index (χ1v) is 5.16. The Kier molecular flexibility index (Phi) is 4.47. The van der Waals surface area contributed by atoms with Crippen molar-refractivity contribution < 1.29 is 10.2 Å². The lowest BCUT2D eigenvalue weighted by molar-refractivity contribution is 0.113. The van der Waals surface area contributed by atoms with Gasteiger partial charge in [-0.2, -0.15) is 5.26 Å². The third-order valence-electron chi connectivity index (χ3n) is 1.64. The monoisotopic (exact) mass is 209 g/mol. The Balaban J connectivity index is 2.49. The van der Waals surface area contributed by atoms with Gasteiger partial charge in [-0.25, -0.2) is 0 Å². The molecule has 1 unspecified atom stereocenters. The molecule has 0 aliphatic carbocycles. The highest BCUT2D eigenvalue weighted by atomic mass is 32.2. The third-order valence-corrected chi connectivity index (χ3v) is 2.79. The van der Waals surface area contributed by atoms with Gasteiger partial charge in [-0.05, 0) is 24.3 Å². The molecule has 74 valence electrons. The largest absolute Gasteiger partial charge is 0.394 e. The molecular formula is C10H11NO2S. The van der Waals surface area contributed by atoms with Crippen molar-refractivity contribution in [1.29, 1.82) is 5.26 Å². The fourth-order valence-electron chi connectivity index (χ4n) is 0.871. The zero-order valence-corrected chi connectivity index (χ0v) is 8.37. The first-order chi connectivity index (χ1) is 6.76. The maximum atomic E-state index is 9.10. The summed E-state index contributed by atoms with van der Waals surface area (Å²) in [7, 11) is 0. The van der Waals surface area contributed by atoms with Crippen molar-refractivity contribution in [2.45, 2.75) is 11.0 Å². The van der Waals surface area contributed by atoms with Gasteiger partial charge in [0.1, 0.15) is 0 Å². The highest BCUT2D eigenvalue weighted by Crippen LogP contribution is 2.18. The molecule has 0 amide bonds. The van der Waals surface area contributed by atoms with E-state index in [0.29, 0.717) is 11.3 Å². The molecule has 0 aliphatic heterocycles. The first-order valence-electron chi connectivity index (χ1n) is 4.18. The first kappa shape index (κ1) is 11.1. The summed E-state index contributed by atoms with van der Waals surface area (Å²) < 4.78 is 0. The van der Waals surface area contributed by atoms with Crippen LogP contribution in [0.15, 0.2) is 29.2 Å². The Morgan fingerprint density at radius 2 is 2.00 bits per heavy atom. The van der Waals surface area contributed by atoms with Gasteiger partial charge in [0.2, 0.25) is 0 Å². The lowest BCUT2D eigenvalue weighted by atomic mass is 10.2. The van der Waals surface area contributed by atoms with Gasteiger partial charge in [-0.15, -0.1) is 11.8 Å². The number of nitriles is 1. The van der Waals surface area contributed by atoms with Crippen LogP contribution >= 0.6 is 11.8 Å². The van der Waals surface area contributed by atoms with E-state index in [1.165, 1.54) is 11.8 Å². The van der Waals surface area contributed by atoms with Crippen LogP contribution in [-0.4, -0.2) is 28.7 Å². The average molecular weight is 209 g/mol. The Hall–Kier alpha value is -1.02. The highest BCUT2D eigenvalue weighted by Gasteiger charge is 2.02. The Labute approximate surface area is 87.0 Å². The number of aliphatic hydroxyl groups excluding tert-OH is 2. The van der Waals surface area contributed by atoms with E-state index in [-0.39, 0.29) is 6.61 Å². The fourth-order valence-corrected chi connectivity index (χ4v) is 1.69. The summed E-state index contributed by atoms with van der Waals surface area (Å²) in [6.07, 6.45) is -0.685. The number of hydrogen-bond donors (Lipinski definition) is 2. The number of rotatable bonds is 4. The Morgan fingerprint density at radius 1 is 1.36 bits per heavy atom. The summed E-state index contributed by atoms with van der Waals surface area (Å²) in [5.74, 6) is 0.461. The fraction of sp³-hybridized carbons (Fsp3) is 0.300. The van der Waals surface area contributed by atoms with Gasteiger partial charge in [-0.3, -0.25) is 0 Å². The summed E-state index contributed by atoms with van der Waals surface area (Å²) in [5.41, 5.74) is 0.622. The Morgan fingerprint density at radius 3 is 2.50 bits per heavy atom. The van der Waals surface area contributed by atoms with Gasteiger partial charge in [0.25, 0.3) is 0 Å². The molecule has 0 heterocycles. The molecule has 14 heavy (non-hydrogen) atoms. The molecule has 4 heteroatoms. The van der Waals surface area contributed by atoms with Gasteiger partial charge < -0.3 is 10.2 Å². The molecule has 1 rings (SSSR count). The van der Waals surface area contributed by atoms with E-state index < -0.39 is 6.10 Å². The van der Waals surface area contributed by atoms with Crippen molar-refractivity contribution in [1.82, 2.24) is 0 Å². The van der Waals surface area contributed by atoms with E-state index >= 15 is 0 Å². The molecule has 0 saturated heterocycles. The van der Waals surface area contributed by atoms with Crippen LogP contribution in [0.3, 0.4) is 0 Å². The van der Waals surface area contributed by atoms with E-state index in [1.54, 1.807) is 12.1 Å². The van der Waals surface area contributed by atoms with Crippen molar-refractivity contribution in [3.63, 3.8) is 0 Å². The smallest absolute Gasteiger partial charge is 0.0991 e. The molecule has 1 atom stereocenters. The predicted molar refractivity (Wildman–Crippen MR) is 55.0 cm³/mol. The van der Waals surface area contributed by atoms with Crippen LogP contribution in [0, 0.1) is 11.3 Å². The number of nitrogens with zero attached hydrogens (tertiary/aromatic N) is 1. The number of hydrogen-bond acceptors (Lipinski definition) is 4. The second kappa shape index (κ2) is 5.66. The summed E-state index contributed by atoms with van der Waals surface area (Å²) in [6, 6.07) is 9.14. The van der Waals surface area contributed by atoms with E-state index in [1.807, 2.05) is 18.2 Å². The molecule has 3 nitrogen and oxygen atoms in total. The minimum atomic E-state index is -0.685. The molecular weight excluding hydrogens is 198 g/mol. The predicted octanol–water partition coefficient (Wildman–Crippen LogP) is 1.00. The lowest BCUT2D eigenvalue weighted by Gasteiger charge is -2.05. The van der Waals surface area contributed by atoms with Crippen LogP contribution in [0.2, 0.25) is 0 Å². The normalized spacial score (nSPS) is 12.1. The summed E-state index contributed by atoms with van der Waals surface area (Å²) in [6.45, 7) is -0.219. The van der Waals surface area contributed by atoms with Crippen molar-refractivity contribution in [3.8, 4) is 6.07 Å². The van der Waals surface area contributed by atoms with Gasteiger partial charge in [-0.1, -0.05) is 0 Å². The quantitative estimate of drug-likeness (QED) is 0.726. The summed E-state index contributed by atoms with van der Waals surface area (Å²) in [4.78, 5) is 0.983. The van der Waals surface area contributed by atoms with Crippen molar-refractivity contribution in [2.75, 3.05) is 12.4 Å². The van der Waals surface area contributed by atoms with Gasteiger partial charge in [0.05, 0.1) is 24.3 Å². The number of thioether (sulfide) groups is 1. The van der Waals surface area contributed by atoms with Crippen LogP contribution in [-0.2, 0) is 0 Å². The minimum absolute atomic E-state index is 0.219. The number of aliphatic hydroxyl groups is 2. The zero-order chi connectivity index (χ0) is 10.4. The lowest BCUT2D eigenvalue weighted by Crippen LogP contribution is -2.14. The summed E-state index contributed by atoms with van der Waals surface area (Å²) in [5, 5.41) is 26.2. The van der Waals surface area contributed by atoms with Crippen LogP contribution < -0.4 is 0 Å². The van der Waals surface area contributed by atoms with E-state index in [2.05, 4.69) is 0 Å². The van der Waals surface area contributed by atoms with Crippen LogP contribution in [0.1, 0.15) is 5.56 Å². The maximum Gasteiger partial charge on any atom is 0.0991 e. The molecule has 0 spiro atoms. The minimum Gasteiger partial charge on any atom is -0.394 e. The topological polar surface area (TPSA) is 64.2 Å². The van der Waals surface area contributed by atoms with Crippen LogP contribution in [0.25, 0.3) is 0 Å². The van der Waals surface area contributed by atoms with Crippen molar-refractivity contribution in [2.24, 2.45) is 0 Å². The molecule has 0 aromatic heterocycles. The molecule has 1 aromatic rings. The van der Waals surface area contributed by atoms with Gasteiger partial charge >= 0.3 is 0 Å². The van der Waals surface area contributed by atoms with E-state index in [4.69, 9.17) is 15.5 Å². The Bertz CT molecular complexity index is 318. The molecule has 1 aromatic carbocycles. The van der Waals surface area contributed by atoms with Crippen molar-refractivity contribution in [3.05, 3.63) is 29.8 Å². The maximum absolute atomic E-state index is 9.10. The van der Waals surface area contributed by atoms with Gasteiger partial charge in [0, 0.05) is 10.6 Å². The van der Waals surface area contributed by atoms with E-state index in [0.717, 1.165) is 4.90 Å². The molecule has 0 fully saturated rings. The second-order valence-corrected chi connectivity index (χ2v) is 3.88. The van der Waals surface area contributed by atoms with Crippen LogP contribution in [0.5, 0.6) is 0 Å². The SMILES string of the molecule is N#Cc1ccc(SCC(O)CO)cc1. The molecule has 0 radical (unpaired) electrons. The standard InChI is InChI=1S/C10H11NO2S/c11-5-8-1-3-10(4-2-8)14-7-9(13)6-12/h1-4,9,12-13H,6-7H2. The molecule has 0 saturated carbocycles. The molecule has 0 aliphatic rings. The van der Waals surface area contributed by atoms with Crippen LogP contribution in [0.4, 0.5) is 0 Å². The zero-order valence-electron chi connectivity index (χ0n) is 7.55. The van der Waals surface area contributed by atoms with E-state index in [9.17, 15) is 0 Å². The van der Waals surface area contributed by atoms with Crippen molar-refractivity contribution >= 4 is 11.8 Å². The molecule has 2 N–H and O–H groups in total. The number of benzene rings is 1. The third kappa shape index (κ3) is 3.38. The average Bonchev–Trinajstić information content (AvgIpc) is 2.26. The highest BCUT2D eigenvalue weighted by molar-refractivity contribution is 7.99. The van der Waals surface area contributed by atoms with Gasteiger partial charge in [0.15, 0.2) is 0 Å². The second-order valence-electron chi connectivity index (χ2n) is 2.78. The molecule has 0 bridgehead atoms.